The van der Waals surface area contributed by atoms with Gasteiger partial charge in [-0.1, -0.05) is 17.7 Å². The first-order chi connectivity index (χ1) is 6.52. The minimum absolute atomic E-state index is 0.0439. The van der Waals surface area contributed by atoms with Gasteiger partial charge in [0.2, 0.25) is 0 Å². The molecule has 2 unspecified atom stereocenters. The number of carboxylic acid groups (broad SMARTS) is 1. The van der Waals surface area contributed by atoms with Gasteiger partial charge in [0.05, 0.1) is 17.0 Å². The summed E-state index contributed by atoms with van der Waals surface area (Å²) >= 11 is 5.92. The molecule has 0 aromatic carbocycles. The summed E-state index contributed by atoms with van der Waals surface area (Å²) in [6.45, 7) is 0. The summed E-state index contributed by atoms with van der Waals surface area (Å²) in [5.74, 6) is -0.900. The molecule has 2 atom stereocenters. The van der Waals surface area contributed by atoms with Gasteiger partial charge in [-0.15, -0.1) is 0 Å². The minimum atomic E-state index is -0.900. The Morgan fingerprint density at radius 3 is 2.64 bits per heavy atom. The molecule has 14 heavy (non-hydrogen) atoms. The highest BCUT2D eigenvalue weighted by Gasteiger charge is 2.26. The summed E-state index contributed by atoms with van der Waals surface area (Å²) in [4.78, 5) is 10.6. The number of thiol groups is 1. The van der Waals surface area contributed by atoms with E-state index >= 15 is 0 Å². The highest BCUT2D eigenvalue weighted by molar-refractivity contribution is 8.24. The molecule has 0 saturated carbocycles. The van der Waals surface area contributed by atoms with E-state index in [1.807, 2.05) is 11.5 Å². The van der Waals surface area contributed by atoms with Crippen LogP contribution in [0.4, 0.5) is 0 Å². The van der Waals surface area contributed by atoms with Crippen LogP contribution in [0, 0.1) is 0 Å². The lowest BCUT2D eigenvalue weighted by atomic mass is 10.2. The van der Waals surface area contributed by atoms with Crippen molar-refractivity contribution in [3.8, 4) is 0 Å². The second-order valence-electron chi connectivity index (χ2n) is 2.98. The number of rotatable bonds is 4. The summed E-state index contributed by atoms with van der Waals surface area (Å²) in [5.41, 5.74) is 11.1. The lowest BCUT2D eigenvalue weighted by Gasteiger charge is -2.27. The number of halogens is 1. The normalized spacial score (nSPS) is 25.1. The molecule has 0 radical (unpaired) electrons. The minimum Gasteiger partial charge on any atom is -0.481 e. The van der Waals surface area contributed by atoms with Crippen LogP contribution in [-0.4, -0.2) is 22.5 Å². The van der Waals surface area contributed by atoms with E-state index in [0.29, 0.717) is 4.36 Å². The Morgan fingerprint density at radius 2 is 2.29 bits per heavy atom. The van der Waals surface area contributed by atoms with Crippen molar-refractivity contribution in [3.05, 3.63) is 21.9 Å². The van der Waals surface area contributed by atoms with Gasteiger partial charge in [0.1, 0.15) is 0 Å². The molecule has 1 aliphatic rings. The molecule has 5 N–H and O–H groups in total. The zero-order valence-corrected chi connectivity index (χ0v) is 9.08. The first-order valence-electron chi connectivity index (χ1n) is 4.07. The molecular formula is C8H13ClN2O2S. The second-order valence-corrected chi connectivity index (χ2v) is 5.91. The van der Waals surface area contributed by atoms with E-state index < -0.39 is 23.0 Å². The van der Waals surface area contributed by atoms with Crippen LogP contribution in [0.3, 0.4) is 0 Å². The fourth-order valence-electron chi connectivity index (χ4n) is 1.24. The van der Waals surface area contributed by atoms with Crippen molar-refractivity contribution >= 4 is 28.5 Å². The molecule has 4 nitrogen and oxygen atoms in total. The average molecular weight is 237 g/mol. The van der Waals surface area contributed by atoms with Crippen LogP contribution in [0.25, 0.3) is 0 Å². The number of nitrogens with two attached hydrogens (primary N) is 2. The third-order valence-corrected chi connectivity index (χ3v) is 5.00. The van der Waals surface area contributed by atoms with Crippen LogP contribution in [0.15, 0.2) is 21.9 Å². The maximum Gasteiger partial charge on any atom is 0.304 e. The number of allylic oxidation sites excluding steroid dienone is 2. The third kappa shape index (κ3) is 2.75. The van der Waals surface area contributed by atoms with Gasteiger partial charge in [0.25, 0.3) is 0 Å². The van der Waals surface area contributed by atoms with E-state index in [9.17, 15) is 4.79 Å². The van der Waals surface area contributed by atoms with E-state index in [-0.39, 0.29) is 11.7 Å². The van der Waals surface area contributed by atoms with Crippen molar-refractivity contribution in [3.63, 3.8) is 0 Å². The van der Waals surface area contributed by atoms with Crippen LogP contribution in [0.5, 0.6) is 0 Å². The molecule has 0 aromatic rings. The predicted octanol–water partition coefficient (Wildman–Crippen LogP) is 0.682. The van der Waals surface area contributed by atoms with Crippen LogP contribution >= 0.6 is 22.5 Å². The van der Waals surface area contributed by atoms with E-state index in [1.54, 1.807) is 6.08 Å². The van der Waals surface area contributed by atoms with Gasteiger partial charge in [-0.25, -0.2) is 0 Å². The van der Waals surface area contributed by atoms with Crippen molar-refractivity contribution < 1.29 is 9.90 Å². The van der Waals surface area contributed by atoms with Gasteiger partial charge < -0.3 is 16.6 Å². The average Bonchev–Trinajstić information content (AvgIpc) is 2.46. The summed E-state index contributed by atoms with van der Waals surface area (Å²) in [7, 11) is -0.827. The van der Waals surface area contributed by atoms with Crippen molar-refractivity contribution in [1.29, 1.82) is 0 Å². The van der Waals surface area contributed by atoms with Gasteiger partial charge in [-0.2, -0.15) is 10.9 Å². The fraction of sp³-hybridized carbons (Fsp3) is 0.375. The van der Waals surface area contributed by atoms with E-state index in [0.717, 1.165) is 0 Å². The van der Waals surface area contributed by atoms with Gasteiger partial charge in [0.15, 0.2) is 0 Å². The van der Waals surface area contributed by atoms with E-state index in [4.69, 9.17) is 28.2 Å². The van der Waals surface area contributed by atoms with Crippen LogP contribution in [0.2, 0.25) is 0 Å². The van der Waals surface area contributed by atoms with Gasteiger partial charge in [-0.3, -0.25) is 4.79 Å². The van der Waals surface area contributed by atoms with Crippen LogP contribution in [0.1, 0.15) is 6.42 Å². The molecule has 80 valence electrons. The Morgan fingerprint density at radius 1 is 1.64 bits per heavy atom. The standard InChI is InChI=1S/C8H13ClN2O2S/c9-6-2-1-3-14(6)5(8(10)11)4-7(12)13/h1-3,5,8,14H,4,10-11H2,(H,12,13). The van der Waals surface area contributed by atoms with Crippen molar-refractivity contribution in [2.45, 2.75) is 17.8 Å². The Labute approximate surface area is 89.9 Å². The van der Waals surface area contributed by atoms with Gasteiger partial charge in [0, 0.05) is 5.25 Å². The monoisotopic (exact) mass is 236 g/mol. The van der Waals surface area contributed by atoms with Crippen molar-refractivity contribution in [2.24, 2.45) is 11.5 Å². The van der Waals surface area contributed by atoms with Crippen molar-refractivity contribution in [1.82, 2.24) is 0 Å². The highest BCUT2D eigenvalue weighted by Crippen LogP contribution is 2.48. The molecule has 6 heteroatoms. The van der Waals surface area contributed by atoms with E-state index in [2.05, 4.69) is 0 Å². The molecule has 0 amide bonds. The summed E-state index contributed by atoms with van der Waals surface area (Å²) in [5, 5.41) is 10.3. The molecular weight excluding hydrogens is 224 g/mol. The number of carbonyl (C=O) groups is 1. The highest BCUT2D eigenvalue weighted by atomic mass is 35.5. The largest absolute Gasteiger partial charge is 0.481 e. The third-order valence-electron chi connectivity index (χ3n) is 1.91. The number of hydrogen-bond acceptors (Lipinski definition) is 3. The van der Waals surface area contributed by atoms with Crippen LogP contribution < -0.4 is 11.5 Å². The first kappa shape index (κ1) is 11.6. The number of hydrogen-bond donors (Lipinski definition) is 4. The quantitative estimate of drug-likeness (QED) is 0.427. The Balaban J connectivity index is 2.73. The molecule has 1 aliphatic heterocycles. The SMILES string of the molecule is NC(N)C(CC(=O)O)[SH]1C=CC=C1Cl. The fourth-order valence-corrected chi connectivity index (χ4v) is 3.79. The summed E-state index contributed by atoms with van der Waals surface area (Å²) < 4.78 is 0.659. The maximum absolute atomic E-state index is 10.6. The van der Waals surface area contributed by atoms with Crippen molar-refractivity contribution in [2.75, 3.05) is 0 Å². The lowest BCUT2D eigenvalue weighted by Crippen LogP contribution is -2.43. The molecule has 1 heterocycles. The molecule has 0 saturated heterocycles. The first-order valence-corrected chi connectivity index (χ1v) is 5.93. The van der Waals surface area contributed by atoms with E-state index in [1.165, 1.54) is 0 Å². The Kier molecular flexibility index (Phi) is 4.00. The van der Waals surface area contributed by atoms with Gasteiger partial charge in [-0.05, 0) is 11.5 Å². The zero-order valence-electron chi connectivity index (χ0n) is 7.43. The number of aliphatic carboxylic acids is 1. The molecule has 0 fully saturated rings. The zero-order chi connectivity index (χ0) is 10.7. The van der Waals surface area contributed by atoms with Gasteiger partial charge >= 0.3 is 5.97 Å². The molecule has 0 spiro atoms. The Bertz CT molecular complexity index is 291. The summed E-state index contributed by atoms with van der Waals surface area (Å²) in [6, 6.07) is 0. The molecule has 1 rings (SSSR count). The molecule has 0 bridgehead atoms. The molecule has 0 aliphatic carbocycles. The maximum atomic E-state index is 10.6. The summed E-state index contributed by atoms with van der Waals surface area (Å²) in [6.07, 6.45) is 2.87. The smallest absolute Gasteiger partial charge is 0.304 e. The second kappa shape index (κ2) is 4.84. The Hall–Kier alpha value is -0.490. The lowest BCUT2D eigenvalue weighted by molar-refractivity contribution is -0.137. The number of carboxylic acids is 1. The predicted molar refractivity (Wildman–Crippen MR) is 60.3 cm³/mol. The topological polar surface area (TPSA) is 89.3 Å². The molecule has 0 aromatic heterocycles. The van der Waals surface area contributed by atoms with Crippen LogP contribution in [-0.2, 0) is 4.79 Å².